The molecular weight excluding hydrogens is 212 g/mol. The zero-order valence-electron chi connectivity index (χ0n) is 10.6. The van der Waals surface area contributed by atoms with Crippen LogP contribution in [0, 0.1) is 0 Å². The first-order valence-electron chi connectivity index (χ1n) is 6.35. The smallest absolute Gasteiger partial charge is 0.142 e. The third-order valence-corrected chi connectivity index (χ3v) is 4.37. The van der Waals surface area contributed by atoms with Gasteiger partial charge in [-0.2, -0.15) is 0 Å². The first kappa shape index (κ1) is 10.9. The second kappa shape index (κ2) is 3.91. The molecular formula is C14H20N2O. The lowest BCUT2D eigenvalue weighted by atomic mass is 9.74. The van der Waals surface area contributed by atoms with Crippen molar-refractivity contribution in [3.63, 3.8) is 0 Å². The number of nitrogens with zero attached hydrogens (tertiary/aromatic N) is 1. The van der Waals surface area contributed by atoms with Gasteiger partial charge in [0.2, 0.25) is 0 Å². The van der Waals surface area contributed by atoms with Crippen LogP contribution in [0.3, 0.4) is 0 Å². The Bertz CT molecular complexity index is 422. The van der Waals surface area contributed by atoms with Crippen molar-refractivity contribution >= 4 is 5.69 Å². The Kier molecular flexibility index (Phi) is 2.51. The summed E-state index contributed by atoms with van der Waals surface area (Å²) in [5, 5.41) is 3.55. The Balaban J connectivity index is 1.98. The van der Waals surface area contributed by atoms with E-state index >= 15 is 0 Å². The SMILES string of the molecule is COc1cccc2c1NCC21CCN(C)CC1. The minimum atomic E-state index is 0.344. The zero-order chi connectivity index (χ0) is 11.9. The van der Waals surface area contributed by atoms with E-state index in [2.05, 4.69) is 29.4 Å². The Morgan fingerprint density at radius 1 is 1.29 bits per heavy atom. The maximum absolute atomic E-state index is 5.44. The molecule has 0 bridgehead atoms. The van der Waals surface area contributed by atoms with Crippen molar-refractivity contribution in [2.75, 3.05) is 39.1 Å². The fraction of sp³-hybridized carbons (Fsp3) is 0.571. The molecule has 1 aromatic carbocycles. The highest BCUT2D eigenvalue weighted by atomic mass is 16.5. The summed E-state index contributed by atoms with van der Waals surface area (Å²) in [4.78, 5) is 2.42. The Morgan fingerprint density at radius 3 is 2.76 bits per heavy atom. The molecule has 0 amide bonds. The molecule has 1 fully saturated rings. The number of rotatable bonds is 1. The minimum Gasteiger partial charge on any atom is -0.495 e. The van der Waals surface area contributed by atoms with Crippen LogP contribution in [-0.2, 0) is 5.41 Å². The lowest BCUT2D eigenvalue weighted by molar-refractivity contribution is 0.200. The van der Waals surface area contributed by atoms with Crippen LogP contribution in [0.15, 0.2) is 18.2 Å². The normalized spacial score (nSPS) is 22.2. The molecule has 2 heterocycles. The average molecular weight is 232 g/mol. The quantitative estimate of drug-likeness (QED) is 0.802. The monoisotopic (exact) mass is 232 g/mol. The van der Waals surface area contributed by atoms with Crippen molar-refractivity contribution in [3.05, 3.63) is 23.8 Å². The number of nitrogens with one attached hydrogen (secondary N) is 1. The summed E-state index contributed by atoms with van der Waals surface area (Å²) in [6, 6.07) is 6.42. The van der Waals surface area contributed by atoms with Crippen LogP contribution < -0.4 is 10.1 Å². The molecule has 1 spiro atoms. The van der Waals surface area contributed by atoms with E-state index in [1.165, 1.54) is 37.2 Å². The molecule has 2 aliphatic heterocycles. The maximum atomic E-state index is 5.44. The van der Waals surface area contributed by atoms with Crippen LogP contribution in [-0.4, -0.2) is 38.7 Å². The van der Waals surface area contributed by atoms with E-state index in [1.807, 2.05) is 6.07 Å². The van der Waals surface area contributed by atoms with E-state index in [4.69, 9.17) is 4.74 Å². The molecule has 1 N–H and O–H groups in total. The topological polar surface area (TPSA) is 24.5 Å². The molecule has 0 unspecified atom stereocenters. The van der Waals surface area contributed by atoms with Gasteiger partial charge in [0.05, 0.1) is 12.8 Å². The van der Waals surface area contributed by atoms with Crippen molar-refractivity contribution in [1.82, 2.24) is 4.90 Å². The van der Waals surface area contributed by atoms with Gasteiger partial charge in [0.1, 0.15) is 5.75 Å². The van der Waals surface area contributed by atoms with Crippen LogP contribution >= 0.6 is 0 Å². The number of para-hydroxylation sites is 1. The predicted molar refractivity (Wildman–Crippen MR) is 69.9 cm³/mol. The van der Waals surface area contributed by atoms with E-state index in [9.17, 15) is 0 Å². The number of hydrogen-bond acceptors (Lipinski definition) is 3. The number of likely N-dealkylation sites (tertiary alicyclic amines) is 1. The largest absolute Gasteiger partial charge is 0.495 e. The molecule has 0 atom stereocenters. The Morgan fingerprint density at radius 2 is 2.06 bits per heavy atom. The first-order valence-corrected chi connectivity index (χ1v) is 6.35. The molecule has 2 aliphatic rings. The van der Waals surface area contributed by atoms with Gasteiger partial charge in [-0.25, -0.2) is 0 Å². The number of hydrogen-bond donors (Lipinski definition) is 1. The molecule has 3 nitrogen and oxygen atoms in total. The standard InChI is InChI=1S/C14H20N2O/c1-16-8-6-14(7-9-16)10-15-13-11(14)4-3-5-12(13)17-2/h3-5,15H,6-10H2,1-2H3. The third-order valence-electron chi connectivity index (χ3n) is 4.37. The number of benzene rings is 1. The van der Waals surface area contributed by atoms with Gasteiger partial charge >= 0.3 is 0 Å². The van der Waals surface area contributed by atoms with Crippen molar-refractivity contribution in [2.45, 2.75) is 18.3 Å². The molecule has 17 heavy (non-hydrogen) atoms. The summed E-state index contributed by atoms with van der Waals surface area (Å²) >= 11 is 0. The van der Waals surface area contributed by atoms with Gasteiger partial charge in [0.15, 0.2) is 0 Å². The van der Waals surface area contributed by atoms with Gasteiger partial charge < -0.3 is 15.0 Å². The van der Waals surface area contributed by atoms with Crippen LogP contribution in [0.4, 0.5) is 5.69 Å². The van der Waals surface area contributed by atoms with Crippen LogP contribution in [0.5, 0.6) is 5.75 Å². The summed E-state index contributed by atoms with van der Waals surface area (Å²) < 4.78 is 5.44. The lowest BCUT2D eigenvalue weighted by Crippen LogP contribution is -2.42. The van der Waals surface area contributed by atoms with E-state index in [0.29, 0.717) is 5.41 Å². The summed E-state index contributed by atoms with van der Waals surface area (Å²) in [5.74, 6) is 0.985. The predicted octanol–water partition coefficient (Wildman–Crippen LogP) is 2.08. The van der Waals surface area contributed by atoms with E-state index < -0.39 is 0 Å². The van der Waals surface area contributed by atoms with Crippen molar-refractivity contribution in [1.29, 1.82) is 0 Å². The van der Waals surface area contributed by atoms with Gasteiger partial charge in [-0.1, -0.05) is 12.1 Å². The average Bonchev–Trinajstić information content (AvgIpc) is 2.73. The summed E-state index contributed by atoms with van der Waals surface area (Å²) in [7, 11) is 3.96. The van der Waals surface area contributed by atoms with Crippen LogP contribution in [0.25, 0.3) is 0 Å². The number of ether oxygens (including phenoxy) is 1. The van der Waals surface area contributed by atoms with Gasteiger partial charge in [-0.3, -0.25) is 0 Å². The molecule has 0 saturated carbocycles. The number of fused-ring (bicyclic) bond motifs is 2. The number of piperidine rings is 1. The van der Waals surface area contributed by atoms with Crippen molar-refractivity contribution < 1.29 is 4.74 Å². The summed E-state index contributed by atoms with van der Waals surface area (Å²) in [6.45, 7) is 3.45. The van der Waals surface area contributed by atoms with E-state index in [0.717, 1.165) is 12.3 Å². The molecule has 0 aliphatic carbocycles. The van der Waals surface area contributed by atoms with Gasteiger partial charge in [-0.05, 0) is 44.6 Å². The zero-order valence-corrected chi connectivity index (χ0v) is 10.6. The molecule has 3 rings (SSSR count). The lowest BCUT2D eigenvalue weighted by Gasteiger charge is -2.37. The van der Waals surface area contributed by atoms with Gasteiger partial charge in [0.25, 0.3) is 0 Å². The minimum absolute atomic E-state index is 0.344. The number of methoxy groups -OCH3 is 1. The fourth-order valence-corrected chi connectivity index (χ4v) is 3.17. The van der Waals surface area contributed by atoms with E-state index in [-0.39, 0.29) is 0 Å². The first-order chi connectivity index (χ1) is 8.25. The van der Waals surface area contributed by atoms with Crippen molar-refractivity contribution in [2.24, 2.45) is 0 Å². The highest BCUT2D eigenvalue weighted by molar-refractivity contribution is 5.68. The molecule has 1 saturated heterocycles. The fourth-order valence-electron chi connectivity index (χ4n) is 3.17. The molecule has 92 valence electrons. The van der Waals surface area contributed by atoms with Crippen LogP contribution in [0.2, 0.25) is 0 Å². The van der Waals surface area contributed by atoms with E-state index in [1.54, 1.807) is 7.11 Å². The highest BCUT2D eigenvalue weighted by Crippen LogP contribution is 2.47. The van der Waals surface area contributed by atoms with Crippen LogP contribution in [0.1, 0.15) is 18.4 Å². The maximum Gasteiger partial charge on any atom is 0.142 e. The Labute approximate surface area is 103 Å². The van der Waals surface area contributed by atoms with Gasteiger partial charge in [0, 0.05) is 12.0 Å². The summed E-state index contributed by atoms with van der Waals surface area (Å²) in [5.41, 5.74) is 3.03. The highest BCUT2D eigenvalue weighted by Gasteiger charge is 2.41. The van der Waals surface area contributed by atoms with Crippen molar-refractivity contribution in [3.8, 4) is 5.75 Å². The second-order valence-corrected chi connectivity index (χ2v) is 5.32. The number of anilines is 1. The molecule has 0 aromatic heterocycles. The molecule has 3 heteroatoms. The molecule has 1 aromatic rings. The summed E-state index contributed by atoms with van der Waals surface area (Å²) in [6.07, 6.45) is 2.49. The second-order valence-electron chi connectivity index (χ2n) is 5.32. The Hall–Kier alpha value is -1.22. The van der Waals surface area contributed by atoms with Gasteiger partial charge in [-0.15, -0.1) is 0 Å². The molecule has 0 radical (unpaired) electrons. The third kappa shape index (κ3) is 1.61.